The zero-order valence-electron chi connectivity index (χ0n) is 13.9. The summed E-state index contributed by atoms with van der Waals surface area (Å²) in [5.74, 6) is 0.918. The van der Waals surface area contributed by atoms with Gasteiger partial charge in [-0.05, 0) is 52.7 Å². The van der Waals surface area contributed by atoms with Crippen molar-refractivity contribution in [2.24, 2.45) is 23.5 Å². The van der Waals surface area contributed by atoms with Crippen molar-refractivity contribution < 1.29 is 9.59 Å². The second kappa shape index (κ2) is 7.25. The van der Waals surface area contributed by atoms with E-state index in [4.69, 9.17) is 5.73 Å². The Hall–Kier alpha value is -1.11. The van der Waals surface area contributed by atoms with Gasteiger partial charge in [-0.2, -0.15) is 0 Å². The first-order chi connectivity index (χ1) is 11.5. The van der Waals surface area contributed by atoms with Gasteiger partial charge in [0.15, 0.2) is 0 Å². The molecule has 2 aliphatic heterocycles. The van der Waals surface area contributed by atoms with E-state index in [0.717, 1.165) is 36.1 Å². The molecule has 4 atom stereocenters. The summed E-state index contributed by atoms with van der Waals surface area (Å²) in [5, 5.41) is 0. The molecule has 25 heavy (non-hydrogen) atoms. The molecule has 3 fully saturated rings. The van der Waals surface area contributed by atoms with Crippen molar-refractivity contribution in [1.29, 1.82) is 0 Å². The topological polar surface area (TPSA) is 66.6 Å². The number of hydrogen-bond acceptors (Lipinski definition) is 3. The summed E-state index contributed by atoms with van der Waals surface area (Å²) >= 11 is 3.49. The first-order valence-corrected chi connectivity index (χ1v) is 9.43. The minimum atomic E-state index is -0.236. The van der Waals surface area contributed by atoms with Gasteiger partial charge in [0.2, 0.25) is 11.8 Å². The van der Waals surface area contributed by atoms with E-state index in [2.05, 4.69) is 15.9 Å². The lowest BCUT2D eigenvalue weighted by Gasteiger charge is -2.23. The zero-order valence-corrected chi connectivity index (χ0v) is 16.3. The van der Waals surface area contributed by atoms with Gasteiger partial charge >= 0.3 is 0 Å². The lowest BCUT2D eigenvalue weighted by Crippen LogP contribution is -2.38. The molecular weight excluding hydrogens is 406 g/mol. The highest BCUT2D eigenvalue weighted by atomic mass is 79.9. The second-order valence-corrected chi connectivity index (χ2v) is 8.12. The number of benzene rings is 1. The summed E-state index contributed by atoms with van der Waals surface area (Å²) in [4.78, 5) is 29.0. The number of nitrogens with zero attached hydrogens (tertiary/aromatic N) is 2. The monoisotopic (exact) mass is 427 g/mol. The summed E-state index contributed by atoms with van der Waals surface area (Å²) in [6, 6.07) is 7.89. The second-order valence-electron chi connectivity index (χ2n) is 7.27. The Morgan fingerprint density at radius 3 is 2.64 bits per heavy atom. The van der Waals surface area contributed by atoms with E-state index in [1.807, 2.05) is 29.2 Å². The molecule has 2 heterocycles. The highest BCUT2D eigenvalue weighted by Crippen LogP contribution is 2.39. The number of carbonyl (C=O) groups is 2. The predicted octanol–water partition coefficient (Wildman–Crippen LogP) is 2.42. The Balaban J connectivity index is 0.00000182. The van der Waals surface area contributed by atoms with Gasteiger partial charge < -0.3 is 15.5 Å². The largest absolute Gasteiger partial charge is 0.342 e. The van der Waals surface area contributed by atoms with Crippen LogP contribution in [0.4, 0.5) is 5.69 Å². The van der Waals surface area contributed by atoms with Gasteiger partial charge in [-0.15, -0.1) is 12.4 Å². The molecule has 136 valence electrons. The van der Waals surface area contributed by atoms with Crippen LogP contribution in [0, 0.1) is 17.8 Å². The molecule has 0 bridgehead atoms. The van der Waals surface area contributed by atoms with E-state index in [-0.39, 0.29) is 36.2 Å². The van der Waals surface area contributed by atoms with E-state index in [0.29, 0.717) is 24.8 Å². The summed E-state index contributed by atoms with van der Waals surface area (Å²) in [6.45, 7) is 2.06. The number of para-hydroxylation sites is 1. The quantitative estimate of drug-likeness (QED) is 0.787. The molecule has 1 aliphatic carbocycles. The van der Waals surface area contributed by atoms with Crippen LogP contribution in [0.5, 0.6) is 0 Å². The molecule has 5 nitrogen and oxygen atoms in total. The highest BCUT2D eigenvalue weighted by molar-refractivity contribution is 9.10. The smallest absolute Gasteiger partial charge is 0.228 e. The molecule has 2 N–H and O–H groups in total. The Labute approximate surface area is 162 Å². The van der Waals surface area contributed by atoms with Crippen LogP contribution in [-0.2, 0) is 9.59 Å². The van der Waals surface area contributed by atoms with Gasteiger partial charge in [0.25, 0.3) is 0 Å². The molecule has 7 heteroatoms. The fraction of sp³-hybridized carbons (Fsp3) is 0.556. The van der Waals surface area contributed by atoms with E-state index >= 15 is 0 Å². The molecule has 0 radical (unpaired) electrons. The molecule has 4 rings (SSSR count). The van der Waals surface area contributed by atoms with Gasteiger partial charge in [-0.1, -0.05) is 12.1 Å². The molecular formula is C18H23BrClN3O2. The lowest BCUT2D eigenvalue weighted by atomic mass is 9.98. The molecule has 4 unspecified atom stereocenters. The number of fused-ring (bicyclic) bond motifs is 1. The Kier molecular flexibility index (Phi) is 5.42. The van der Waals surface area contributed by atoms with Crippen molar-refractivity contribution in [3.8, 4) is 0 Å². The van der Waals surface area contributed by atoms with Gasteiger partial charge in [-0.3, -0.25) is 9.59 Å². The zero-order chi connectivity index (χ0) is 16.8. The molecule has 1 aromatic carbocycles. The van der Waals surface area contributed by atoms with Crippen molar-refractivity contribution in [3.63, 3.8) is 0 Å². The van der Waals surface area contributed by atoms with Crippen LogP contribution < -0.4 is 10.6 Å². The highest BCUT2D eigenvalue weighted by Gasteiger charge is 2.45. The van der Waals surface area contributed by atoms with E-state index < -0.39 is 0 Å². The van der Waals surface area contributed by atoms with Crippen LogP contribution >= 0.6 is 28.3 Å². The maximum Gasteiger partial charge on any atom is 0.228 e. The summed E-state index contributed by atoms with van der Waals surface area (Å²) in [6.07, 6.45) is 2.51. The average Bonchev–Trinajstić information content (AvgIpc) is 3.24. The standard InChI is InChI=1S/C18H22BrN3O2.ClH/c19-14-3-1-2-4-16(14)22-9-12(7-17(22)23)18(24)21-8-11-5-6-15(20)13(11)10-21;/h1-4,11-13,15H,5-10,20H2;1H. The minimum Gasteiger partial charge on any atom is -0.342 e. The third-order valence-electron chi connectivity index (χ3n) is 5.84. The van der Waals surface area contributed by atoms with Crippen molar-refractivity contribution in [2.45, 2.75) is 25.3 Å². The molecule has 1 aromatic rings. The van der Waals surface area contributed by atoms with E-state index in [1.165, 1.54) is 0 Å². The van der Waals surface area contributed by atoms with Crippen LogP contribution in [0.15, 0.2) is 28.7 Å². The third kappa shape index (κ3) is 3.32. The van der Waals surface area contributed by atoms with Crippen LogP contribution in [0.25, 0.3) is 0 Å². The third-order valence-corrected chi connectivity index (χ3v) is 6.51. The van der Waals surface area contributed by atoms with Gasteiger partial charge in [0.1, 0.15) is 0 Å². The number of rotatable bonds is 2. The Bertz CT molecular complexity index is 686. The van der Waals surface area contributed by atoms with Crippen molar-refractivity contribution >= 4 is 45.8 Å². The maximum atomic E-state index is 12.9. The first-order valence-electron chi connectivity index (χ1n) is 8.64. The molecule has 0 spiro atoms. The summed E-state index contributed by atoms with van der Waals surface area (Å²) in [7, 11) is 0. The maximum absolute atomic E-state index is 12.9. The number of nitrogens with two attached hydrogens (primary N) is 1. The number of hydrogen-bond donors (Lipinski definition) is 1. The van der Waals surface area contributed by atoms with Crippen LogP contribution in [0.2, 0.25) is 0 Å². The summed E-state index contributed by atoms with van der Waals surface area (Å²) < 4.78 is 0.883. The molecule has 0 aromatic heterocycles. The number of amides is 2. The fourth-order valence-corrected chi connectivity index (χ4v) is 5.02. The van der Waals surface area contributed by atoms with Crippen LogP contribution in [0.3, 0.4) is 0 Å². The fourth-order valence-electron chi connectivity index (χ4n) is 4.52. The SMILES string of the molecule is Cl.NC1CCC2CN(C(=O)C3CC(=O)N(c4ccccc4Br)C3)CC12. The summed E-state index contributed by atoms with van der Waals surface area (Å²) in [5.41, 5.74) is 7.01. The first kappa shape index (κ1) is 18.7. The Morgan fingerprint density at radius 1 is 1.16 bits per heavy atom. The van der Waals surface area contributed by atoms with Crippen LogP contribution in [-0.4, -0.2) is 42.4 Å². The number of halogens is 2. The molecule has 3 aliphatic rings. The van der Waals surface area contributed by atoms with Crippen molar-refractivity contribution in [2.75, 3.05) is 24.5 Å². The normalized spacial score (nSPS) is 31.2. The Morgan fingerprint density at radius 2 is 1.92 bits per heavy atom. The van der Waals surface area contributed by atoms with Gasteiger partial charge in [-0.25, -0.2) is 0 Å². The van der Waals surface area contributed by atoms with Crippen molar-refractivity contribution in [3.05, 3.63) is 28.7 Å². The molecule has 1 saturated carbocycles. The van der Waals surface area contributed by atoms with Crippen molar-refractivity contribution in [1.82, 2.24) is 4.90 Å². The lowest BCUT2D eigenvalue weighted by molar-refractivity contribution is -0.135. The molecule has 2 amide bonds. The van der Waals surface area contributed by atoms with Gasteiger partial charge in [0, 0.05) is 36.6 Å². The average molecular weight is 429 g/mol. The van der Waals surface area contributed by atoms with E-state index in [1.54, 1.807) is 4.90 Å². The number of anilines is 1. The number of carbonyl (C=O) groups excluding carboxylic acids is 2. The number of likely N-dealkylation sites (tertiary alicyclic amines) is 1. The van der Waals surface area contributed by atoms with Crippen LogP contribution in [0.1, 0.15) is 19.3 Å². The van der Waals surface area contributed by atoms with Gasteiger partial charge in [0.05, 0.1) is 11.6 Å². The molecule has 2 saturated heterocycles. The van der Waals surface area contributed by atoms with E-state index in [9.17, 15) is 9.59 Å². The predicted molar refractivity (Wildman–Crippen MR) is 103 cm³/mol. The minimum absolute atomic E-state index is 0.